The molecule has 1 unspecified atom stereocenters. The molecule has 202 valence electrons. The van der Waals surface area contributed by atoms with Crippen molar-refractivity contribution in [2.45, 2.75) is 32.7 Å². The lowest BCUT2D eigenvalue weighted by Crippen LogP contribution is -2.31. The number of esters is 1. The molecule has 0 spiro atoms. The van der Waals surface area contributed by atoms with E-state index in [0.717, 1.165) is 5.56 Å². The number of nitrogens with zero attached hydrogens (tertiary/aromatic N) is 2. The Labute approximate surface area is 225 Å². The summed E-state index contributed by atoms with van der Waals surface area (Å²) in [7, 11) is 2.78. The lowest BCUT2D eigenvalue weighted by molar-refractivity contribution is 0.0594. The van der Waals surface area contributed by atoms with Crippen LogP contribution in [0.2, 0.25) is 5.15 Å². The highest BCUT2D eigenvalue weighted by molar-refractivity contribution is 6.31. The van der Waals surface area contributed by atoms with Crippen molar-refractivity contribution in [1.29, 1.82) is 0 Å². The first kappa shape index (κ1) is 27.5. The van der Waals surface area contributed by atoms with Crippen molar-refractivity contribution >= 4 is 17.6 Å². The second-order valence-electron chi connectivity index (χ2n) is 9.33. The van der Waals surface area contributed by atoms with E-state index in [1.165, 1.54) is 11.7 Å². The predicted molar refractivity (Wildman–Crippen MR) is 143 cm³/mol. The van der Waals surface area contributed by atoms with Crippen LogP contribution in [0.1, 0.15) is 47.7 Å². The minimum atomic E-state index is -0.921. The molecule has 1 N–H and O–H groups in total. The maximum Gasteiger partial charge on any atom is 0.347 e. The molecule has 10 heteroatoms. The van der Waals surface area contributed by atoms with Gasteiger partial charge in [0.05, 0.1) is 32.6 Å². The van der Waals surface area contributed by atoms with Crippen LogP contribution in [0, 0.1) is 5.92 Å². The third kappa shape index (κ3) is 5.35. The highest BCUT2D eigenvalue weighted by Gasteiger charge is 2.37. The van der Waals surface area contributed by atoms with Gasteiger partial charge in [-0.25, -0.2) is 9.78 Å². The Bertz CT molecular complexity index is 1370. The predicted octanol–water partition coefficient (Wildman–Crippen LogP) is 4.65. The van der Waals surface area contributed by atoms with Crippen molar-refractivity contribution in [3.05, 3.63) is 68.6 Å². The molecule has 0 saturated carbocycles. The van der Waals surface area contributed by atoms with E-state index in [9.17, 15) is 14.7 Å². The Kier molecular flexibility index (Phi) is 8.58. The number of carbonyl (C=O) groups excluding carboxylic acids is 1. The molecule has 3 heterocycles. The van der Waals surface area contributed by atoms with Crippen LogP contribution in [0.15, 0.2) is 41.2 Å². The van der Waals surface area contributed by atoms with Crippen molar-refractivity contribution in [3.63, 3.8) is 0 Å². The molecule has 1 aliphatic rings. The lowest BCUT2D eigenvalue weighted by Gasteiger charge is -2.25. The summed E-state index contributed by atoms with van der Waals surface area (Å²) in [5.74, 6) is -1.08. The molecule has 0 radical (unpaired) electrons. The van der Waals surface area contributed by atoms with E-state index in [2.05, 4.69) is 4.98 Å². The smallest absolute Gasteiger partial charge is 0.347 e. The summed E-state index contributed by atoms with van der Waals surface area (Å²) in [6.45, 7) is 5.13. The molecule has 4 rings (SSSR count). The van der Waals surface area contributed by atoms with Crippen molar-refractivity contribution in [3.8, 4) is 28.6 Å². The molecule has 1 atom stereocenters. The maximum absolute atomic E-state index is 13.8. The van der Waals surface area contributed by atoms with Crippen molar-refractivity contribution in [1.82, 2.24) is 9.55 Å². The molecule has 0 amide bonds. The summed E-state index contributed by atoms with van der Waals surface area (Å²) in [6.07, 6.45) is 0.657. The summed E-state index contributed by atoms with van der Waals surface area (Å²) in [5, 5.41) is 11.5. The van der Waals surface area contributed by atoms with Crippen LogP contribution in [-0.4, -0.2) is 54.7 Å². The second kappa shape index (κ2) is 11.9. The summed E-state index contributed by atoms with van der Waals surface area (Å²) in [4.78, 5) is 31.1. The minimum Gasteiger partial charge on any atom is -0.506 e. The molecule has 1 aromatic carbocycles. The van der Waals surface area contributed by atoms with Gasteiger partial charge in [-0.3, -0.25) is 4.79 Å². The Morgan fingerprint density at radius 3 is 2.63 bits per heavy atom. The van der Waals surface area contributed by atoms with Crippen molar-refractivity contribution < 1.29 is 28.8 Å². The summed E-state index contributed by atoms with van der Waals surface area (Å²) >= 11 is 6.54. The number of aromatic nitrogens is 2. The fraction of sp³-hybridized carbons (Fsp3) is 0.393. The first-order valence-corrected chi connectivity index (χ1v) is 12.7. The van der Waals surface area contributed by atoms with Crippen molar-refractivity contribution in [2.24, 2.45) is 5.92 Å². The van der Waals surface area contributed by atoms with Crippen LogP contribution in [0.3, 0.4) is 0 Å². The SMILES string of the molecule is COCCCOc1cc2c(nc1Cl)-c1c(c(O)c(C(=O)OC)c(=O)n1Cc1ccccc1)C(C(C)C)CO2. The molecule has 2 aromatic heterocycles. The highest BCUT2D eigenvalue weighted by atomic mass is 35.5. The zero-order chi connectivity index (χ0) is 27.4. The molecule has 38 heavy (non-hydrogen) atoms. The third-order valence-electron chi connectivity index (χ3n) is 6.53. The van der Waals surface area contributed by atoms with Gasteiger partial charge < -0.3 is 28.6 Å². The first-order chi connectivity index (χ1) is 18.3. The van der Waals surface area contributed by atoms with Gasteiger partial charge in [-0.1, -0.05) is 55.8 Å². The van der Waals surface area contributed by atoms with E-state index in [0.29, 0.717) is 42.4 Å². The maximum atomic E-state index is 13.8. The van der Waals surface area contributed by atoms with Gasteiger partial charge in [0.1, 0.15) is 11.4 Å². The van der Waals surface area contributed by atoms with Crippen LogP contribution in [-0.2, 0) is 16.0 Å². The fourth-order valence-electron chi connectivity index (χ4n) is 4.55. The number of halogens is 1. The van der Waals surface area contributed by atoms with E-state index in [-0.39, 0.29) is 35.8 Å². The first-order valence-electron chi connectivity index (χ1n) is 12.4. The van der Waals surface area contributed by atoms with E-state index in [1.54, 1.807) is 13.2 Å². The Morgan fingerprint density at radius 2 is 1.97 bits per heavy atom. The molecule has 0 saturated heterocycles. The average Bonchev–Trinajstić information content (AvgIpc) is 3.06. The van der Waals surface area contributed by atoms with E-state index in [1.807, 2.05) is 44.2 Å². The largest absolute Gasteiger partial charge is 0.506 e. The molecule has 3 aromatic rings. The third-order valence-corrected chi connectivity index (χ3v) is 6.80. The number of methoxy groups -OCH3 is 2. The molecule has 0 bridgehead atoms. The van der Waals surface area contributed by atoms with Crippen LogP contribution < -0.4 is 15.0 Å². The fourth-order valence-corrected chi connectivity index (χ4v) is 4.74. The van der Waals surface area contributed by atoms with E-state index in [4.69, 9.17) is 30.5 Å². The van der Waals surface area contributed by atoms with Crippen molar-refractivity contribution in [2.75, 3.05) is 34.0 Å². The number of carbonyl (C=O) groups is 1. The van der Waals surface area contributed by atoms with Gasteiger partial charge in [-0.15, -0.1) is 0 Å². The zero-order valence-electron chi connectivity index (χ0n) is 21.8. The van der Waals surface area contributed by atoms with Gasteiger partial charge in [0.2, 0.25) is 0 Å². The molecule has 0 fully saturated rings. The number of aromatic hydroxyl groups is 1. The average molecular weight is 543 g/mol. The number of fused-ring (bicyclic) bond motifs is 3. The van der Waals surface area contributed by atoms with Crippen LogP contribution in [0.4, 0.5) is 0 Å². The van der Waals surface area contributed by atoms with E-state index >= 15 is 0 Å². The van der Waals surface area contributed by atoms with E-state index < -0.39 is 22.8 Å². The Morgan fingerprint density at radius 1 is 1.24 bits per heavy atom. The van der Waals surface area contributed by atoms with Gasteiger partial charge in [-0.2, -0.15) is 0 Å². The molecular formula is C28H31ClN2O7. The second-order valence-corrected chi connectivity index (χ2v) is 9.69. The van der Waals surface area contributed by atoms with Gasteiger partial charge in [0, 0.05) is 37.7 Å². The molecule has 9 nitrogen and oxygen atoms in total. The zero-order valence-corrected chi connectivity index (χ0v) is 22.6. The standard InChI is InChI=1S/C28H31ClN2O7/c1-16(2)18-15-38-19-13-20(37-12-8-11-35-3)26(29)30-23(19)24-21(18)25(32)22(28(34)36-4)27(33)31(24)14-17-9-6-5-7-10-17/h5-7,9-10,13,16,18,32H,8,11-12,14-15H2,1-4H3. The topological polar surface area (TPSA) is 109 Å². The number of hydrogen-bond acceptors (Lipinski definition) is 8. The quantitative estimate of drug-likeness (QED) is 0.236. The van der Waals surface area contributed by atoms with Crippen LogP contribution >= 0.6 is 11.6 Å². The monoisotopic (exact) mass is 542 g/mol. The highest BCUT2D eigenvalue weighted by Crippen LogP contribution is 2.46. The van der Waals surface area contributed by atoms with Gasteiger partial charge in [0.15, 0.2) is 22.2 Å². The Hall–Kier alpha value is -3.56. The molecule has 0 aliphatic carbocycles. The van der Waals surface area contributed by atoms with Crippen LogP contribution in [0.5, 0.6) is 17.2 Å². The normalized spacial score (nSPS) is 14.3. The molecular weight excluding hydrogens is 512 g/mol. The summed E-state index contributed by atoms with van der Waals surface area (Å²) in [5.41, 5.74) is 0.674. The van der Waals surface area contributed by atoms with Gasteiger partial charge in [0.25, 0.3) is 5.56 Å². The Balaban J connectivity index is 2.00. The van der Waals surface area contributed by atoms with Gasteiger partial charge >= 0.3 is 5.97 Å². The molecule has 1 aliphatic heterocycles. The summed E-state index contributed by atoms with van der Waals surface area (Å²) in [6, 6.07) is 11.0. The van der Waals surface area contributed by atoms with Gasteiger partial charge in [-0.05, 0) is 11.5 Å². The lowest BCUT2D eigenvalue weighted by atomic mass is 9.85. The number of ether oxygens (including phenoxy) is 4. The number of hydrogen-bond donors (Lipinski definition) is 1. The number of rotatable bonds is 9. The summed E-state index contributed by atoms with van der Waals surface area (Å²) < 4.78 is 23.4. The van der Waals surface area contributed by atoms with Crippen LogP contribution in [0.25, 0.3) is 11.4 Å². The minimum absolute atomic E-state index is 0.0256. The number of benzene rings is 1. The number of pyridine rings is 2.